The van der Waals surface area contributed by atoms with Crippen LogP contribution in [0.5, 0.6) is 0 Å². The van der Waals surface area contributed by atoms with Gasteiger partial charge in [0.15, 0.2) is 0 Å². The fraction of sp³-hybridized carbons (Fsp3) is 0.867. The second-order valence-electron chi connectivity index (χ2n) is 7.10. The Kier molecular flexibility index (Phi) is 1.86. The summed E-state index contributed by atoms with van der Waals surface area (Å²) in [5, 5.41) is 10.7. The second kappa shape index (κ2) is 2.75. The first-order chi connectivity index (χ1) is 7.37. The average molecular weight is 220 g/mol. The Morgan fingerprint density at radius 2 is 1.81 bits per heavy atom. The molecule has 3 fully saturated rings. The number of rotatable bonds is 0. The highest BCUT2D eigenvalue weighted by atomic mass is 16.3. The van der Waals surface area contributed by atoms with Gasteiger partial charge in [0.2, 0.25) is 0 Å². The number of aliphatic hydroxyl groups is 1. The van der Waals surface area contributed by atoms with Crippen LogP contribution in [0.2, 0.25) is 0 Å². The van der Waals surface area contributed by atoms with E-state index >= 15 is 0 Å². The molecule has 0 aliphatic heterocycles. The summed E-state index contributed by atoms with van der Waals surface area (Å²) >= 11 is 0. The highest BCUT2D eigenvalue weighted by Crippen LogP contribution is 2.76. The molecule has 2 bridgehead atoms. The molecule has 0 unspecified atom stereocenters. The summed E-state index contributed by atoms with van der Waals surface area (Å²) in [4.78, 5) is 0. The van der Waals surface area contributed by atoms with Crippen molar-refractivity contribution in [2.45, 2.75) is 59.0 Å². The molecule has 1 N–H and O–H groups in total. The minimum absolute atomic E-state index is 0.129. The molecule has 3 rings (SSSR count). The Morgan fingerprint density at radius 1 is 1.12 bits per heavy atom. The van der Waals surface area contributed by atoms with Crippen molar-refractivity contribution in [1.82, 2.24) is 0 Å². The molecule has 1 heteroatoms. The largest absolute Gasteiger partial charge is 0.392 e. The Balaban J connectivity index is 2.21. The molecule has 0 amide bonds. The van der Waals surface area contributed by atoms with Crippen molar-refractivity contribution in [2.24, 2.45) is 22.2 Å². The molecule has 1 nitrogen and oxygen atoms in total. The lowest BCUT2D eigenvalue weighted by Gasteiger charge is -2.46. The van der Waals surface area contributed by atoms with E-state index in [2.05, 4.69) is 27.4 Å². The first kappa shape index (κ1) is 10.8. The van der Waals surface area contributed by atoms with Crippen LogP contribution in [0.1, 0.15) is 52.9 Å². The third kappa shape index (κ3) is 0.827. The Labute approximate surface area is 98.9 Å². The van der Waals surface area contributed by atoms with Gasteiger partial charge in [0.1, 0.15) is 0 Å². The van der Waals surface area contributed by atoms with Crippen molar-refractivity contribution in [1.29, 1.82) is 0 Å². The normalized spacial score (nSPS) is 60.1. The minimum Gasteiger partial charge on any atom is -0.392 e. The summed E-state index contributed by atoms with van der Waals surface area (Å²) in [5.74, 6) is 0.360. The zero-order valence-electron chi connectivity index (χ0n) is 10.8. The summed E-state index contributed by atoms with van der Waals surface area (Å²) in [7, 11) is 0. The monoisotopic (exact) mass is 220 g/mol. The van der Waals surface area contributed by atoms with E-state index in [1.54, 1.807) is 0 Å². The number of fused-ring (bicyclic) bond motifs is 5. The maximum absolute atomic E-state index is 10.7. The van der Waals surface area contributed by atoms with Crippen molar-refractivity contribution in [3.05, 3.63) is 12.2 Å². The lowest BCUT2D eigenvalue weighted by molar-refractivity contribution is -0.0347. The van der Waals surface area contributed by atoms with Crippen LogP contribution < -0.4 is 0 Å². The van der Waals surface area contributed by atoms with Crippen LogP contribution in [0.15, 0.2) is 12.2 Å². The molecule has 16 heavy (non-hydrogen) atoms. The molecular weight excluding hydrogens is 196 g/mol. The molecule has 3 aliphatic carbocycles. The Morgan fingerprint density at radius 3 is 2.50 bits per heavy atom. The van der Waals surface area contributed by atoms with Crippen molar-refractivity contribution in [3.63, 3.8) is 0 Å². The zero-order valence-corrected chi connectivity index (χ0v) is 10.8. The van der Waals surface area contributed by atoms with E-state index < -0.39 is 0 Å². The quantitative estimate of drug-likeness (QED) is 0.619. The summed E-state index contributed by atoms with van der Waals surface area (Å²) in [5.41, 5.74) is 2.07. The van der Waals surface area contributed by atoms with E-state index in [0.717, 1.165) is 12.8 Å². The van der Waals surface area contributed by atoms with Gasteiger partial charge in [0, 0.05) is 11.3 Å². The standard InChI is InChI=1S/C15H24O/c1-10-6-9-14(3)12(16)11(10)13(2)7-5-8-15(13,14)4/h11-12,16H,1,5-9H2,2-4H3/t11-,12+,13-,14+,15-/m0/s1. The van der Waals surface area contributed by atoms with Gasteiger partial charge in [0.25, 0.3) is 0 Å². The molecule has 0 saturated heterocycles. The van der Waals surface area contributed by atoms with Crippen LogP contribution in [-0.2, 0) is 0 Å². The van der Waals surface area contributed by atoms with Gasteiger partial charge in [-0.3, -0.25) is 0 Å². The number of aliphatic hydroxyl groups excluding tert-OH is 1. The summed E-state index contributed by atoms with van der Waals surface area (Å²) in [6.07, 6.45) is 6.02. The summed E-state index contributed by atoms with van der Waals surface area (Å²) in [6, 6.07) is 0. The molecule has 0 heterocycles. The van der Waals surface area contributed by atoms with E-state index in [1.807, 2.05) is 0 Å². The van der Waals surface area contributed by atoms with Crippen LogP contribution >= 0.6 is 0 Å². The van der Waals surface area contributed by atoms with Crippen LogP contribution in [0, 0.1) is 22.2 Å². The lowest BCUT2D eigenvalue weighted by atomic mass is 9.59. The van der Waals surface area contributed by atoms with Gasteiger partial charge >= 0.3 is 0 Å². The van der Waals surface area contributed by atoms with Crippen LogP contribution in [0.3, 0.4) is 0 Å². The fourth-order valence-corrected chi connectivity index (χ4v) is 5.52. The molecule has 0 spiro atoms. The van der Waals surface area contributed by atoms with Gasteiger partial charge in [-0.15, -0.1) is 0 Å². The van der Waals surface area contributed by atoms with Gasteiger partial charge in [-0.25, -0.2) is 0 Å². The Hall–Kier alpha value is -0.300. The van der Waals surface area contributed by atoms with Gasteiger partial charge in [-0.1, -0.05) is 39.3 Å². The second-order valence-corrected chi connectivity index (χ2v) is 7.10. The highest BCUT2D eigenvalue weighted by Gasteiger charge is 2.72. The smallest absolute Gasteiger partial charge is 0.0669 e. The van der Waals surface area contributed by atoms with Crippen LogP contribution in [0.4, 0.5) is 0 Å². The first-order valence-electron chi connectivity index (χ1n) is 6.73. The van der Waals surface area contributed by atoms with Crippen molar-refractivity contribution < 1.29 is 5.11 Å². The topological polar surface area (TPSA) is 20.2 Å². The van der Waals surface area contributed by atoms with Crippen LogP contribution in [0.25, 0.3) is 0 Å². The van der Waals surface area contributed by atoms with Crippen molar-refractivity contribution in [3.8, 4) is 0 Å². The number of hydrogen-bond acceptors (Lipinski definition) is 1. The van der Waals surface area contributed by atoms with Crippen molar-refractivity contribution >= 4 is 0 Å². The zero-order chi connectivity index (χ0) is 11.8. The molecule has 3 saturated carbocycles. The maximum Gasteiger partial charge on any atom is 0.0669 e. The highest BCUT2D eigenvalue weighted by molar-refractivity contribution is 5.29. The van der Waals surface area contributed by atoms with Gasteiger partial charge < -0.3 is 5.11 Å². The lowest BCUT2D eigenvalue weighted by Crippen LogP contribution is -2.43. The average Bonchev–Trinajstić information content (AvgIpc) is 2.55. The van der Waals surface area contributed by atoms with E-state index in [9.17, 15) is 5.11 Å². The summed E-state index contributed by atoms with van der Waals surface area (Å²) < 4.78 is 0. The van der Waals surface area contributed by atoms with Gasteiger partial charge in [-0.2, -0.15) is 0 Å². The molecule has 0 radical (unpaired) electrons. The van der Waals surface area contributed by atoms with Gasteiger partial charge in [-0.05, 0) is 36.5 Å². The molecule has 90 valence electrons. The molecule has 0 aromatic heterocycles. The van der Waals surface area contributed by atoms with E-state index in [1.165, 1.54) is 24.8 Å². The number of hydrogen-bond donors (Lipinski definition) is 1. The molecule has 0 aromatic carbocycles. The fourth-order valence-electron chi connectivity index (χ4n) is 5.52. The SMILES string of the molecule is C=C1CC[C@]2(C)[C@H](O)[C@H]1[C@]1(C)CCC[C@@]12C. The minimum atomic E-state index is -0.149. The molecule has 0 aromatic rings. The van der Waals surface area contributed by atoms with Crippen LogP contribution in [-0.4, -0.2) is 11.2 Å². The van der Waals surface area contributed by atoms with E-state index in [4.69, 9.17) is 0 Å². The van der Waals surface area contributed by atoms with E-state index in [0.29, 0.717) is 16.7 Å². The van der Waals surface area contributed by atoms with E-state index in [-0.39, 0.29) is 11.5 Å². The third-order valence-corrected chi connectivity index (χ3v) is 6.95. The molecular formula is C15H24O. The first-order valence-corrected chi connectivity index (χ1v) is 6.73. The Bertz CT molecular complexity index is 360. The molecule has 3 aliphatic rings. The maximum atomic E-state index is 10.7. The molecule has 5 atom stereocenters. The van der Waals surface area contributed by atoms with Crippen molar-refractivity contribution in [2.75, 3.05) is 0 Å². The van der Waals surface area contributed by atoms with Gasteiger partial charge in [0.05, 0.1) is 6.10 Å². The summed E-state index contributed by atoms with van der Waals surface area (Å²) in [6.45, 7) is 11.4. The predicted molar refractivity (Wildman–Crippen MR) is 66.0 cm³/mol. The predicted octanol–water partition coefficient (Wildman–Crippen LogP) is 3.53. The third-order valence-electron chi connectivity index (χ3n) is 6.95.